The van der Waals surface area contributed by atoms with Crippen LogP contribution in [-0.4, -0.2) is 15.8 Å². The Bertz CT molecular complexity index is 480. The summed E-state index contributed by atoms with van der Waals surface area (Å²) in [7, 11) is 0. The molecule has 2 N–H and O–H groups in total. The Hall–Kier alpha value is -0.830. The van der Waals surface area contributed by atoms with Crippen LogP contribution in [0, 0.1) is 16.7 Å². The summed E-state index contributed by atoms with van der Waals surface area (Å²) in [6, 6.07) is 3.03. The van der Waals surface area contributed by atoms with Crippen LogP contribution in [0.5, 0.6) is 0 Å². The van der Waals surface area contributed by atoms with Crippen molar-refractivity contribution in [2.75, 3.05) is 0 Å². The van der Waals surface area contributed by atoms with E-state index in [-0.39, 0.29) is 6.04 Å². The van der Waals surface area contributed by atoms with Gasteiger partial charge in [-0.3, -0.25) is 4.68 Å². The van der Waals surface area contributed by atoms with Crippen molar-refractivity contribution >= 4 is 0 Å². The first-order chi connectivity index (χ1) is 9.84. The minimum atomic E-state index is 0.227. The summed E-state index contributed by atoms with van der Waals surface area (Å²) in [5.41, 5.74) is 8.39. The third kappa shape index (κ3) is 2.54. The number of hydrogen-bond donors (Lipinski definition) is 1. The van der Waals surface area contributed by atoms with Crippen molar-refractivity contribution in [1.82, 2.24) is 9.78 Å². The van der Waals surface area contributed by atoms with Gasteiger partial charge in [0.1, 0.15) is 0 Å². The molecule has 0 aromatic carbocycles. The first kappa shape index (κ1) is 15.1. The van der Waals surface area contributed by atoms with Crippen molar-refractivity contribution in [2.45, 2.75) is 78.3 Å². The van der Waals surface area contributed by atoms with Crippen molar-refractivity contribution in [1.29, 1.82) is 0 Å². The molecule has 3 nitrogen and oxygen atoms in total. The number of nitrogens with two attached hydrogens (primary N) is 1. The van der Waals surface area contributed by atoms with Gasteiger partial charge in [-0.25, -0.2) is 0 Å². The summed E-state index contributed by atoms with van der Waals surface area (Å²) in [6.07, 6.45) is 9.75. The maximum absolute atomic E-state index is 6.50. The molecule has 0 aliphatic heterocycles. The molecule has 0 bridgehead atoms. The molecule has 1 heterocycles. The van der Waals surface area contributed by atoms with Gasteiger partial charge in [0.25, 0.3) is 0 Å². The molecule has 3 heteroatoms. The van der Waals surface area contributed by atoms with Crippen LogP contribution in [0.4, 0.5) is 0 Å². The molecule has 1 aromatic heterocycles. The highest BCUT2D eigenvalue weighted by molar-refractivity contribution is 5.17. The van der Waals surface area contributed by atoms with Crippen molar-refractivity contribution < 1.29 is 0 Å². The zero-order chi connectivity index (χ0) is 15.3. The fourth-order valence-electron chi connectivity index (χ4n) is 4.71. The summed E-state index contributed by atoms with van der Waals surface area (Å²) < 4.78 is 2.20. The standard InChI is InChI=1S/C18H31N3/c1-17(2)16(18(17,3)4)15(19)12-13-10-11-21(20-13)14-8-6-5-7-9-14/h10-11,14-16H,5-9,12,19H2,1-4H3. The Balaban J connectivity index is 1.62. The number of nitrogens with zero attached hydrogens (tertiary/aromatic N) is 2. The lowest BCUT2D eigenvalue weighted by molar-refractivity contribution is 0.327. The summed E-state index contributed by atoms with van der Waals surface area (Å²) in [5, 5.41) is 4.82. The Kier molecular flexibility index (Phi) is 3.67. The Morgan fingerprint density at radius 2 is 1.81 bits per heavy atom. The normalized spacial score (nSPS) is 26.7. The first-order valence-corrected chi connectivity index (χ1v) is 8.63. The van der Waals surface area contributed by atoms with E-state index in [1.54, 1.807) is 0 Å². The van der Waals surface area contributed by atoms with Crippen LogP contribution in [0.25, 0.3) is 0 Å². The molecular formula is C18H31N3. The molecule has 21 heavy (non-hydrogen) atoms. The molecule has 2 fully saturated rings. The average Bonchev–Trinajstić information content (AvgIpc) is 2.77. The van der Waals surface area contributed by atoms with Crippen LogP contribution in [-0.2, 0) is 6.42 Å². The monoisotopic (exact) mass is 289 g/mol. The smallest absolute Gasteiger partial charge is 0.0640 e. The summed E-state index contributed by atoms with van der Waals surface area (Å²) in [6.45, 7) is 9.38. The van der Waals surface area contributed by atoms with Gasteiger partial charge in [-0.05, 0) is 35.7 Å². The van der Waals surface area contributed by atoms with Crippen LogP contribution < -0.4 is 5.73 Å². The first-order valence-electron chi connectivity index (χ1n) is 8.63. The molecule has 3 rings (SSSR count). The lowest BCUT2D eigenvalue weighted by Gasteiger charge is -2.21. The lowest BCUT2D eigenvalue weighted by Crippen LogP contribution is -2.28. The number of hydrogen-bond acceptors (Lipinski definition) is 2. The molecule has 2 saturated carbocycles. The third-order valence-corrected chi connectivity index (χ3v) is 6.62. The quantitative estimate of drug-likeness (QED) is 0.912. The van der Waals surface area contributed by atoms with Gasteiger partial charge >= 0.3 is 0 Å². The van der Waals surface area contributed by atoms with Crippen LogP contribution in [0.2, 0.25) is 0 Å². The van der Waals surface area contributed by atoms with E-state index in [0.29, 0.717) is 22.8 Å². The van der Waals surface area contributed by atoms with Crippen LogP contribution in [0.3, 0.4) is 0 Å². The highest BCUT2D eigenvalue weighted by Crippen LogP contribution is 2.69. The van der Waals surface area contributed by atoms with E-state index in [1.807, 2.05) is 0 Å². The summed E-state index contributed by atoms with van der Waals surface area (Å²) >= 11 is 0. The molecule has 2 aliphatic carbocycles. The molecule has 0 saturated heterocycles. The molecule has 118 valence electrons. The molecule has 0 radical (unpaired) electrons. The van der Waals surface area contributed by atoms with E-state index in [1.165, 1.54) is 37.8 Å². The molecule has 2 aliphatic rings. The van der Waals surface area contributed by atoms with Gasteiger partial charge in [0.05, 0.1) is 11.7 Å². The van der Waals surface area contributed by atoms with E-state index < -0.39 is 0 Å². The molecule has 1 atom stereocenters. The highest BCUT2D eigenvalue weighted by atomic mass is 15.3. The van der Waals surface area contributed by atoms with E-state index in [4.69, 9.17) is 10.8 Å². The van der Waals surface area contributed by atoms with Gasteiger partial charge < -0.3 is 5.73 Å². The summed E-state index contributed by atoms with van der Waals surface area (Å²) in [5.74, 6) is 0.602. The topological polar surface area (TPSA) is 43.8 Å². The van der Waals surface area contributed by atoms with Crippen molar-refractivity contribution in [3.63, 3.8) is 0 Å². The van der Waals surface area contributed by atoms with E-state index >= 15 is 0 Å². The van der Waals surface area contributed by atoms with Crippen molar-refractivity contribution in [2.24, 2.45) is 22.5 Å². The van der Waals surface area contributed by atoms with Gasteiger partial charge in [0.15, 0.2) is 0 Å². The highest BCUT2D eigenvalue weighted by Gasteiger charge is 2.66. The molecule has 0 amide bonds. The predicted molar refractivity (Wildman–Crippen MR) is 87.1 cm³/mol. The minimum absolute atomic E-state index is 0.227. The van der Waals surface area contributed by atoms with Gasteiger partial charge in [-0.15, -0.1) is 0 Å². The number of rotatable bonds is 4. The Morgan fingerprint density at radius 1 is 1.19 bits per heavy atom. The second kappa shape index (κ2) is 5.12. The van der Waals surface area contributed by atoms with E-state index in [2.05, 4.69) is 44.6 Å². The minimum Gasteiger partial charge on any atom is -0.327 e. The van der Waals surface area contributed by atoms with E-state index in [0.717, 1.165) is 6.42 Å². The van der Waals surface area contributed by atoms with Gasteiger partial charge in [0.2, 0.25) is 0 Å². The molecule has 0 spiro atoms. The second-order valence-corrected chi connectivity index (χ2v) is 8.37. The Labute approximate surface area is 129 Å². The zero-order valence-corrected chi connectivity index (χ0v) is 14.1. The fraction of sp³-hybridized carbons (Fsp3) is 0.833. The van der Waals surface area contributed by atoms with Crippen molar-refractivity contribution in [3.05, 3.63) is 18.0 Å². The molecule has 1 unspecified atom stereocenters. The van der Waals surface area contributed by atoms with E-state index in [9.17, 15) is 0 Å². The van der Waals surface area contributed by atoms with Gasteiger partial charge in [0, 0.05) is 18.7 Å². The summed E-state index contributed by atoms with van der Waals surface area (Å²) in [4.78, 5) is 0. The predicted octanol–water partition coefficient (Wildman–Crippen LogP) is 3.94. The molecular weight excluding hydrogens is 258 g/mol. The zero-order valence-electron chi connectivity index (χ0n) is 14.1. The van der Waals surface area contributed by atoms with Crippen LogP contribution >= 0.6 is 0 Å². The van der Waals surface area contributed by atoms with Crippen LogP contribution in [0.1, 0.15) is 71.5 Å². The SMILES string of the molecule is CC1(C)C(C(N)Cc2ccn(C3CCCCC3)n2)C1(C)C. The van der Waals surface area contributed by atoms with Crippen molar-refractivity contribution in [3.8, 4) is 0 Å². The van der Waals surface area contributed by atoms with Gasteiger partial charge in [-0.1, -0.05) is 47.0 Å². The number of aromatic nitrogens is 2. The fourth-order valence-corrected chi connectivity index (χ4v) is 4.71. The van der Waals surface area contributed by atoms with Crippen LogP contribution in [0.15, 0.2) is 12.3 Å². The third-order valence-electron chi connectivity index (χ3n) is 6.62. The van der Waals surface area contributed by atoms with Gasteiger partial charge in [-0.2, -0.15) is 5.10 Å². The second-order valence-electron chi connectivity index (χ2n) is 8.37. The average molecular weight is 289 g/mol. The maximum Gasteiger partial charge on any atom is 0.0640 e. The maximum atomic E-state index is 6.50. The largest absolute Gasteiger partial charge is 0.327 e. The Morgan fingerprint density at radius 3 is 2.38 bits per heavy atom. The lowest BCUT2D eigenvalue weighted by atomic mass is 9.96. The molecule has 1 aromatic rings.